The van der Waals surface area contributed by atoms with Crippen LogP contribution in [0.4, 0.5) is 14.6 Å². The summed E-state index contributed by atoms with van der Waals surface area (Å²) < 4.78 is 101. The first-order valence-corrected chi connectivity index (χ1v) is 15.6. The highest BCUT2D eigenvalue weighted by Gasteiger charge is 2.54. The topological polar surface area (TPSA) is 263 Å². The average molecular weight is 662 g/mol. The zero-order valence-electron chi connectivity index (χ0n) is 21.8. The Morgan fingerprint density at radius 2 is 1.64 bits per heavy atom. The van der Waals surface area contributed by atoms with Crippen LogP contribution in [0.2, 0.25) is 0 Å². The van der Waals surface area contributed by atoms with Gasteiger partial charge in [-0.3, -0.25) is 23.0 Å². The van der Waals surface area contributed by atoms with E-state index in [4.69, 9.17) is 28.4 Å². The van der Waals surface area contributed by atoms with Crippen molar-refractivity contribution in [2.75, 3.05) is 18.9 Å². The first-order chi connectivity index (χ1) is 20.9. The van der Waals surface area contributed by atoms with Crippen molar-refractivity contribution < 1.29 is 49.4 Å². The van der Waals surface area contributed by atoms with E-state index >= 15 is 8.78 Å². The van der Waals surface area contributed by atoms with Gasteiger partial charge in [-0.25, -0.2) is 42.4 Å². The van der Waals surface area contributed by atoms with Crippen molar-refractivity contribution in [3.63, 3.8) is 0 Å². The average Bonchev–Trinajstić information content (AvgIpc) is 3.73. The molecule has 20 nitrogen and oxygen atoms in total. The molecule has 0 spiro atoms. The van der Waals surface area contributed by atoms with Gasteiger partial charge in [-0.15, -0.1) is 0 Å². The second-order valence-electron chi connectivity index (χ2n) is 9.86. The standard InChI is InChI=1S/C20H21F2N10O10PS/c21-9-13-7(39-19(9)32-6-29-12-17(32)26-4-27-18(12)33)1-30-44(36,37)42-14-8(2-38-43(34,35)41-13)40-20(10(14)22)31-5-28-11-15(23)24-3-25-16(11)31/h3-10,13-14,19-20,30H,1-2H2,(H,34,35)(H2,23,24,25)(H,26,27,33)/t7-,8-,9-,10-,13-,14-,19-,20-/m1/s1. The number of ether oxygens (including phenoxy) is 2. The second-order valence-corrected chi connectivity index (χ2v) is 12.7. The number of hydrogen-bond donors (Lipinski definition) is 4. The minimum absolute atomic E-state index is 0.00861. The van der Waals surface area contributed by atoms with E-state index in [9.17, 15) is 22.7 Å². The Hall–Kier alpha value is -3.54. The number of nitrogens with two attached hydrogens (primary N) is 1. The largest absolute Gasteiger partial charge is 0.472 e. The number of anilines is 1. The van der Waals surface area contributed by atoms with E-state index in [1.807, 2.05) is 4.72 Å². The molecule has 3 fully saturated rings. The summed E-state index contributed by atoms with van der Waals surface area (Å²) in [4.78, 5) is 44.5. The van der Waals surface area contributed by atoms with Gasteiger partial charge >= 0.3 is 18.1 Å². The molecule has 0 saturated carbocycles. The summed E-state index contributed by atoms with van der Waals surface area (Å²) >= 11 is 0. The van der Waals surface area contributed by atoms with Crippen LogP contribution in [0.1, 0.15) is 12.5 Å². The van der Waals surface area contributed by atoms with Crippen LogP contribution in [0.5, 0.6) is 0 Å². The van der Waals surface area contributed by atoms with Crippen LogP contribution in [0.25, 0.3) is 22.3 Å². The van der Waals surface area contributed by atoms with E-state index < -0.39 is 86.1 Å². The molecule has 9 atom stereocenters. The zero-order chi connectivity index (χ0) is 31.0. The summed E-state index contributed by atoms with van der Waals surface area (Å²) in [6, 6.07) is 0. The van der Waals surface area contributed by atoms with Crippen LogP contribution < -0.4 is 16.0 Å². The molecule has 3 aliphatic heterocycles. The number of nitrogens with one attached hydrogen (secondary N) is 2. The van der Waals surface area contributed by atoms with E-state index in [1.165, 1.54) is 0 Å². The Bertz CT molecular complexity index is 1960. The fourth-order valence-electron chi connectivity index (χ4n) is 5.20. The van der Waals surface area contributed by atoms with E-state index in [-0.39, 0.29) is 28.1 Å². The molecule has 0 radical (unpaired) electrons. The lowest BCUT2D eigenvalue weighted by Crippen LogP contribution is -2.45. The molecule has 1 unspecified atom stereocenters. The molecule has 3 saturated heterocycles. The number of aromatic nitrogens is 8. The van der Waals surface area contributed by atoms with Crippen LogP contribution >= 0.6 is 7.82 Å². The van der Waals surface area contributed by atoms with Crippen molar-refractivity contribution in [1.29, 1.82) is 0 Å². The minimum Gasteiger partial charge on any atom is -0.382 e. The molecule has 4 aromatic rings. The predicted octanol–water partition coefficient (Wildman–Crippen LogP) is -1.25. The van der Waals surface area contributed by atoms with Crippen molar-refractivity contribution in [1.82, 2.24) is 43.8 Å². The SMILES string of the molecule is Nc1ncnc2c1ncn2[C@@H]1O[C@@H]2COP(=O)(O)O[C@H]3[C@@H](F)[C@H](n4cnc5c(=O)[nH]cnc54)O[C@@H]3CNS(=O)(=O)O[C@H]2[C@H]1F. The lowest BCUT2D eigenvalue weighted by atomic mass is 10.1. The van der Waals surface area contributed by atoms with Crippen molar-refractivity contribution in [3.05, 3.63) is 35.7 Å². The van der Waals surface area contributed by atoms with E-state index in [2.05, 4.69) is 29.9 Å². The second kappa shape index (κ2) is 10.5. The van der Waals surface area contributed by atoms with Crippen LogP contribution in [0, 0.1) is 0 Å². The number of rotatable bonds is 2. The van der Waals surface area contributed by atoms with Gasteiger partial charge < -0.3 is 25.1 Å². The van der Waals surface area contributed by atoms with Crippen LogP contribution in [0.3, 0.4) is 0 Å². The van der Waals surface area contributed by atoms with E-state index in [0.717, 1.165) is 34.4 Å². The summed E-state index contributed by atoms with van der Waals surface area (Å²) in [6.07, 6.45) is -10.3. The Morgan fingerprint density at radius 3 is 2.39 bits per heavy atom. The van der Waals surface area contributed by atoms with Gasteiger partial charge in [0.05, 0.1) is 25.6 Å². The molecule has 0 aliphatic carbocycles. The molecule has 5 N–H and O–H groups in total. The third-order valence-corrected chi connectivity index (χ3v) is 9.17. The maximum absolute atomic E-state index is 15.8. The molecule has 3 aliphatic rings. The summed E-state index contributed by atoms with van der Waals surface area (Å²) in [7, 11) is -9.94. The summed E-state index contributed by atoms with van der Waals surface area (Å²) in [5, 5.41) is 0. The first kappa shape index (κ1) is 29.2. The van der Waals surface area contributed by atoms with Gasteiger partial charge in [0.1, 0.15) is 36.3 Å². The van der Waals surface area contributed by atoms with Gasteiger partial charge in [0.15, 0.2) is 47.4 Å². The molecule has 0 aromatic carbocycles. The first-order valence-electron chi connectivity index (χ1n) is 12.7. The Labute approximate surface area is 243 Å². The van der Waals surface area contributed by atoms with E-state index in [1.54, 1.807) is 0 Å². The number of fused-ring (bicyclic) bond motifs is 4. The number of aromatic amines is 1. The Kier molecular flexibility index (Phi) is 6.98. The van der Waals surface area contributed by atoms with Crippen LogP contribution in [-0.2, 0) is 37.6 Å². The molecule has 24 heteroatoms. The highest BCUT2D eigenvalue weighted by molar-refractivity contribution is 7.84. The number of halogens is 2. The van der Waals surface area contributed by atoms with Crippen molar-refractivity contribution in [2.45, 2.75) is 49.2 Å². The Morgan fingerprint density at radius 1 is 0.977 bits per heavy atom. The third kappa shape index (κ3) is 4.95. The normalized spacial score (nSPS) is 36.1. The van der Waals surface area contributed by atoms with Crippen molar-refractivity contribution >= 4 is 46.3 Å². The van der Waals surface area contributed by atoms with Gasteiger partial charge in [-0.1, -0.05) is 0 Å². The summed E-state index contributed by atoms with van der Waals surface area (Å²) in [5.74, 6) is -0.00861. The lowest BCUT2D eigenvalue weighted by molar-refractivity contribution is -0.0496. The minimum atomic E-state index is -5.14. The predicted molar refractivity (Wildman–Crippen MR) is 138 cm³/mol. The van der Waals surface area contributed by atoms with Gasteiger partial charge in [-0.2, -0.15) is 13.1 Å². The monoisotopic (exact) mass is 662 g/mol. The molecule has 4 aromatic heterocycles. The number of nitrogen functional groups attached to an aromatic ring is 1. The lowest BCUT2D eigenvalue weighted by Gasteiger charge is -2.26. The molecule has 7 heterocycles. The number of alkyl halides is 2. The number of phosphoric ester groups is 1. The van der Waals surface area contributed by atoms with Gasteiger partial charge in [0.25, 0.3) is 5.56 Å². The highest BCUT2D eigenvalue weighted by Crippen LogP contribution is 2.50. The van der Waals surface area contributed by atoms with Crippen LogP contribution in [-0.4, -0.2) is 102 Å². The quantitative estimate of drug-likeness (QED) is 0.183. The zero-order valence-corrected chi connectivity index (χ0v) is 23.5. The molecular formula is C20H21F2N10O10PS. The van der Waals surface area contributed by atoms with Gasteiger partial charge in [0, 0.05) is 6.54 Å². The molecule has 7 rings (SSSR count). The van der Waals surface area contributed by atoms with Gasteiger partial charge in [-0.05, 0) is 0 Å². The van der Waals surface area contributed by atoms with Gasteiger partial charge in [0.2, 0.25) is 0 Å². The number of phosphoric acid groups is 1. The van der Waals surface area contributed by atoms with Crippen molar-refractivity contribution in [2.24, 2.45) is 0 Å². The smallest absolute Gasteiger partial charge is 0.382 e. The van der Waals surface area contributed by atoms with E-state index in [0.29, 0.717) is 0 Å². The number of imidazole rings is 2. The molecule has 0 bridgehead atoms. The maximum Gasteiger partial charge on any atom is 0.472 e. The van der Waals surface area contributed by atoms with Crippen LogP contribution in [0.15, 0.2) is 30.1 Å². The molecule has 0 amide bonds. The van der Waals surface area contributed by atoms with Crippen molar-refractivity contribution in [3.8, 4) is 0 Å². The summed E-state index contributed by atoms with van der Waals surface area (Å²) in [6.45, 7) is -1.68. The summed E-state index contributed by atoms with van der Waals surface area (Å²) in [5.41, 5.74) is 5.10. The number of H-pyrrole nitrogens is 1. The fraction of sp³-hybridized carbons (Fsp3) is 0.500. The number of nitrogens with zero attached hydrogens (tertiary/aromatic N) is 7. The molecular weight excluding hydrogens is 641 g/mol. The molecule has 236 valence electrons. The number of hydrogen-bond acceptors (Lipinski definition) is 15. The Balaban J connectivity index is 1.17. The maximum atomic E-state index is 15.8. The fourth-order valence-corrected chi connectivity index (χ4v) is 7.11. The third-order valence-electron chi connectivity index (χ3n) is 7.19. The highest BCUT2D eigenvalue weighted by atomic mass is 32.2. The molecule has 44 heavy (non-hydrogen) atoms.